The molecule has 11 nitrogen and oxygen atoms in total. The van der Waals surface area contributed by atoms with Gasteiger partial charge in [0.05, 0.1) is 30.9 Å². The largest absolute Gasteiger partial charge is 0.490 e. The van der Waals surface area contributed by atoms with Crippen LogP contribution in [-0.2, 0) is 30.4 Å². The first kappa shape index (κ1) is 40.9. The number of alkyl carbamates (subject to hydrolysis) is 1. The molecule has 3 aromatic rings. The molecule has 0 aromatic heterocycles. The van der Waals surface area contributed by atoms with Crippen molar-refractivity contribution in [1.82, 2.24) is 10.0 Å². The van der Waals surface area contributed by atoms with Crippen LogP contribution >= 0.6 is 11.6 Å². The molecule has 1 fully saturated rings. The molecule has 3 aromatic carbocycles. The lowest BCUT2D eigenvalue weighted by atomic mass is 9.97. The fourth-order valence-corrected chi connectivity index (χ4v) is 7.91. The first-order valence-corrected chi connectivity index (χ1v) is 22.4. The van der Waals surface area contributed by atoms with Crippen LogP contribution in [0.1, 0.15) is 80.5 Å². The minimum absolute atomic E-state index is 0.0236. The maximum absolute atomic E-state index is 13.0. The van der Waals surface area contributed by atoms with Gasteiger partial charge >= 0.3 is 6.09 Å². The summed E-state index contributed by atoms with van der Waals surface area (Å²) < 4.78 is 44.8. The minimum atomic E-state index is -4.26. The summed E-state index contributed by atoms with van der Waals surface area (Å²) in [5.41, 5.74) is 8.51. The smallest absolute Gasteiger partial charge is 0.407 e. The Labute approximate surface area is 313 Å². The van der Waals surface area contributed by atoms with Crippen LogP contribution in [0.2, 0.25) is 23.2 Å². The number of nitrogens with one attached hydrogen (secondary N) is 2. The van der Waals surface area contributed by atoms with Crippen molar-refractivity contribution in [2.24, 2.45) is 5.73 Å². The summed E-state index contributed by atoms with van der Waals surface area (Å²) in [5.74, 6) is -2.72. The van der Waals surface area contributed by atoms with Crippen molar-refractivity contribution < 1.29 is 36.7 Å². The fraction of sp³-hybridized carbons (Fsp3) is 0.447. The first-order chi connectivity index (χ1) is 24.4. The Kier molecular flexibility index (Phi) is 13.9. The van der Waals surface area contributed by atoms with Gasteiger partial charge in [0.1, 0.15) is 11.5 Å². The fourth-order valence-electron chi connectivity index (χ4n) is 5.59. The molecule has 0 saturated heterocycles. The van der Waals surface area contributed by atoms with Gasteiger partial charge in [-0.2, -0.15) is 0 Å². The zero-order valence-electron chi connectivity index (χ0n) is 30.5. The summed E-state index contributed by atoms with van der Waals surface area (Å²) >= 11 is 6.27. The molecule has 4 N–H and O–H groups in total. The van der Waals surface area contributed by atoms with E-state index in [2.05, 4.69) is 39.2 Å². The zero-order valence-corrected chi connectivity index (χ0v) is 33.1. The normalized spacial score (nSPS) is 14.7. The second-order valence-corrected chi connectivity index (χ2v) is 21.5. The molecule has 1 saturated carbocycles. The lowest BCUT2D eigenvalue weighted by Gasteiger charge is -2.39. The van der Waals surface area contributed by atoms with Gasteiger partial charge in [0.25, 0.3) is 5.91 Å². The molecule has 0 spiro atoms. The van der Waals surface area contributed by atoms with Gasteiger partial charge in [-0.25, -0.2) is 17.9 Å². The van der Waals surface area contributed by atoms with Gasteiger partial charge in [0, 0.05) is 11.4 Å². The zero-order chi connectivity index (χ0) is 38.1. The summed E-state index contributed by atoms with van der Waals surface area (Å²) in [6.45, 7) is 11.2. The summed E-state index contributed by atoms with van der Waals surface area (Å²) in [6, 6.07) is 20.1. The second kappa shape index (κ2) is 17.7. The average Bonchev–Trinajstić information content (AvgIpc) is 3.06. The molecule has 4 rings (SSSR count). The number of benzene rings is 3. The maximum Gasteiger partial charge on any atom is 0.407 e. The van der Waals surface area contributed by atoms with Crippen molar-refractivity contribution in [2.45, 2.75) is 89.6 Å². The van der Waals surface area contributed by atoms with Gasteiger partial charge in [-0.05, 0) is 90.3 Å². The molecule has 0 aliphatic heterocycles. The van der Waals surface area contributed by atoms with Crippen LogP contribution in [-0.4, -0.2) is 59.7 Å². The van der Waals surface area contributed by atoms with E-state index >= 15 is 0 Å². The first-order valence-electron chi connectivity index (χ1n) is 17.5. The van der Waals surface area contributed by atoms with E-state index in [1.54, 1.807) is 18.2 Å². The molecule has 0 radical (unpaired) electrons. The molecule has 0 unspecified atom stereocenters. The number of ether oxygens (including phenoxy) is 2. The van der Waals surface area contributed by atoms with Crippen LogP contribution in [0.25, 0.3) is 11.1 Å². The van der Waals surface area contributed by atoms with Gasteiger partial charge in [-0.1, -0.05) is 81.3 Å². The minimum Gasteiger partial charge on any atom is -0.490 e. The predicted molar refractivity (Wildman–Crippen MR) is 205 cm³/mol. The number of sulfonamides is 1. The lowest BCUT2D eigenvalue weighted by molar-refractivity contribution is -0.115. The average molecular weight is 772 g/mol. The Morgan fingerprint density at radius 2 is 1.63 bits per heavy atom. The van der Waals surface area contributed by atoms with E-state index in [9.17, 15) is 22.8 Å². The van der Waals surface area contributed by atoms with Crippen molar-refractivity contribution >= 4 is 47.8 Å². The third-order valence-electron chi connectivity index (χ3n) is 9.46. The number of rotatable bonds is 15. The van der Waals surface area contributed by atoms with E-state index in [1.807, 2.05) is 47.2 Å². The molecular weight excluding hydrogens is 722 g/mol. The maximum atomic E-state index is 13.0. The molecule has 0 heterocycles. The third-order valence-corrected chi connectivity index (χ3v) is 15.3. The number of carbonyl (C=O) groups excluding carboxylic acids is 3. The molecular formula is C38H50ClN3O8SSi. The number of amides is 3. The molecule has 1 aliphatic carbocycles. The number of nitrogens with two attached hydrogens (primary N) is 1. The van der Waals surface area contributed by atoms with E-state index in [4.69, 9.17) is 31.2 Å². The van der Waals surface area contributed by atoms with E-state index in [0.29, 0.717) is 11.4 Å². The molecule has 3 amide bonds. The van der Waals surface area contributed by atoms with Crippen LogP contribution in [0.15, 0.2) is 66.7 Å². The van der Waals surface area contributed by atoms with Gasteiger partial charge in [-0.15, -0.1) is 0 Å². The predicted octanol–water partition coefficient (Wildman–Crippen LogP) is 7.30. The third kappa shape index (κ3) is 12.1. The summed E-state index contributed by atoms with van der Waals surface area (Å²) in [5, 5.41) is 3.43. The van der Waals surface area contributed by atoms with Crippen LogP contribution in [0.3, 0.4) is 0 Å². The highest BCUT2D eigenvalue weighted by Gasteiger charge is 2.39. The summed E-state index contributed by atoms with van der Waals surface area (Å²) in [4.78, 5) is 36.9. The number of hydrogen-bond donors (Lipinski definition) is 3. The molecule has 0 bridgehead atoms. The van der Waals surface area contributed by atoms with Crippen LogP contribution in [0, 0.1) is 0 Å². The van der Waals surface area contributed by atoms with Crippen LogP contribution in [0.4, 0.5) is 4.79 Å². The second-order valence-electron chi connectivity index (χ2n) is 14.6. The van der Waals surface area contributed by atoms with Gasteiger partial charge in [-0.3, -0.25) is 9.59 Å². The Bertz CT molecular complexity index is 1820. The molecule has 52 heavy (non-hydrogen) atoms. The summed E-state index contributed by atoms with van der Waals surface area (Å²) in [6.07, 6.45) is 4.22. The standard InChI is InChI=1S/C38H50ClN3O8SSi/c1-38(2,3)52(4,5)50-34(29-10-9-11-30(39)22-29)24-41-37(45)48-21-20-26-14-16-27(17-15-26)28-18-19-32(36(44)42-51(46,47)25-35(40)43)33(23-28)49-31-12-7-6-8-13-31/h9-11,14-19,22-23,31,34H,6-8,12-13,20-21,24-25H2,1-5H3,(H2,40,43)(H,41,45)(H,42,44)/t34-/m0/s1. The Balaban J connectivity index is 1.38. The van der Waals surface area contributed by atoms with Crippen molar-refractivity contribution in [3.05, 3.63) is 88.4 Å². The Hall–Kier alpha value is -3.91. The van der Waals surface area contributed by atoms with Gasteiger partial charge in [0.15, 0.2) is 8.32 Å². The van der Waals surface area contributed by atoms with E-state index in [-0.39, 0.29) is 41.7 Å². The quantitative estimate of drug-likeness (QED) is 0.136. The highest BCUT2D eigenvalue weighted by Crippen LogP contribution is 2.40. The molecule has 1 aliphatic rings. The Morgan fingerprint density at radius 3 is 2.27 bits per heavy atom. The van der Waals surface area contributed by atoms with E-state index < -0.39 is 42.0 Å². The van der Waals surface area contributed by atoms with E-state index in [0.717, 1.165) is 54.4 Å². The SMILES string of the molecule is CC(C)(C)[Si](C)(C)O[C@@H](CNC(=O)OCCc1ccc(-c2ccc(C(=O)NS(=O)(=O)CC(N)=O)c(OC3CCCCC3)c2)cc1)c1cccc(Cl)c1. The monoisotopic (exact) mass is 771 g/mol. The Morgan fingerprint density at radius 1 is 0.962 bits per heavy atom. The summed E-state index contributed by atoms with van der Waals surface area (Å²) in [7, 11) is -6.43. The van der Waals surface area contributed by atoms with Crippen LogP contribution < -0.4 is 20.5 Å². The van der Waals surface area contributed by atoms with Crippen LogP contribution in [0.5, 0.6) is 5.75 Å². The number of halogens is 1. The molecule has 282 valence electrons. The van der Waals surface area contributed by atoms with Gasteiger partial charge in [0.2, 0.25) is 15.9 Å². The molecule has 14 heteroatoms. The highest BCUT2D eigenvalue weighted by atomic mass is 35.5. The van der Waals surface area contributed by atoms with Crippen molar-refractivity contribution in [2.75, 3.05) is 18.9 Å². The van der Waals surface area contributed by atoms with Crippen molar-refractivity contribution in [1.29, 1.82) is 0 Å². The van der Waals surface area contributed by atoms with Crippen molar-refractivity contribution in [3.8, 4) is 16.9 Å². The molecule has 1 atom stereocenters. The topological polar surface area (TPSA) is 163 Å². The lowest BCUT2D eigenvalue weighted by Crippen LogP contribution is -2.44. The highest BCUT2D eigenvalue weighted by molar-refractivity contribution is 7.90. The number of carbonyl (C=O) groups is 3. The van der Waals surface area contributed by atoms with Gasteiger partial charge < -0.3 is 25.0 Å². The van der Waals surface area contributed by atoms with Crippen molar-refractivity contribution in [3.63, 3.8) is 0 Å². The number of primary amides is 1. The van der Waals surface area contributed by atoms with E-state index in [1.165, 1.54) is 6.07 Å². The number of hydrogen-bond acceptors (Lipinski definition) is 8.